The molecule has 6 nitrogen and oxygen atoms in total. The molecule has 34 heavy (non-hydrogen) atoms. The molecule has 3 N–H and O–H groups in total. The van der Waals surface area contributed by atoms with Crippen LogP contribution in [0.15, 0.2) is 58.8 Å². The Hall–Kier alpha value is -1.35. The van der Waals surface area contributed by atoms with Gasteiger partial charge in [0.25, 0.3) is 0 Å². The van der Waals surface area contributed by atoms with Crippen LogP contribution in [-0.2, 0) is 10.2 Å². The number of hydrogen-bond acceptors (Lipinski definition) is 6. The molecular formula is C26H38BrClN2O4. The number of aliphatic hydroxyl groups is 2. The van der Waals surface area contributed by atoms with Gasteiger partial charge in [0.2, 0.25) is 0 Å². The number of β-amino-alcohol motifs (C(OH)–C–C–N with tert-alkyl or cyclic N) is 1. The molecule has 0 saturated carbocycles. The molecule has 0 radical (unpaired) electrons. The summed E-state index contributed by atoms with van der Waals surface area (Å²) in [6.45, 7) is 15.1. The normalized spacial score (nSPS) is 17.9. The van der Waals surface area contributed by atoms with Gasteiger partial charge in [-0.2, -0.15) is 0 Å². The van der Waals surface area contributed by atoms with E-state index < -0.39 is 12.2 Å². The second kappa shape index (κ2) is 14.3. The standard InChI is InChI=1S/C26H38BrClN2O4/c1-19(5-10-25(20(2)27)34-17-22(31)15-28)26(3,4)21-6-8-24(9-7-21)33-18-23(32)16-30-13-11-29-12-14-30/h5-10,22-23,29,31-32H,2,11-18H2,1,3-4H3/b19-5+,25-10+. The Morgan fingerprint density at radius 3 is 2.41 bits per heavy atom. The molecule has 2 unspecified atom stereocenters. The van der Waals surface area contributed by atoms with Crippen LogP contribution in [0.4, 0.5) is 0 Å². The van der Waals surface area contributed by atoms with Gasteiger partial charge in [-0.05, 0) is 46.6 Å². The molecule has 0 aliphatic carbocycles. The average molecular weight is 558 g/mol. The maximum Gasteiger partial charge on any atom is 0.133 e. The van der Waals surface area contributed by atoms with Crippen LogP contribution in [-0.4, -0.2) is 79.1 Å². The van der Waals surface area contributed by atoms with Crippen molar-refractivity contribution in [3.05, 3.63) is 64.4 Å². The second-order valence-electron chi connectivity index (χ2n) is 9.07. The molecule has 0 bridgehead atoms. The maximum absolute atomic E-state index is 10.3. The van der Waals surface area contributed by atoms with Crippen molar-refractivity contribution >= 4 is 27.5 Å². The lowest BCUT2D eigenvalue weighted by Gasteiger charge is -2.29. The van der Waals surface area contributed by atoms with E-state index >= 15 is 0 Å². The number of rotatable bonds is 13. The first kappa shape index (κ1) is 28.9. The molecule has 190 valence electrons. The number of ether oxygens (including phenoxy) is 2. The molecule has 1 aromatic rings. The predicted octanol–water partition coefficient (Wildman–Crippen LogP) is 3.96. The third kappa shape index (κ3) is 9.36. The summed E-state index contributed by atoms with van der Waals surface area (Å²) in [4.78, 5) is 2.25. The van der Waals surface area contributed by atoms with Crippen molar-refractivity contribution in [3.8, 4) is 5.75 Å². The fourth-order valence-electron chi connectivity index (χ4n) is 3.49. The zero-order valence-corrected chi connectivity index (χ0v) is 22.7. The van der Waals surface area contributed by atoms with Crippen LogP contribution in [0.2, 0.25) is 0 Å². The number of piperazine rings is 1. The summed E-state index contributed by atoms with van der Waals surface area (Å²) in [5.74, 6) is 1.39. The molecule has 0 spiro atoms. The Balaban J connectivity index is 1.97. The van der Waals surface area contributed by atoms with Gasteiger partial charge in [-0.25, -0.2) is 0 Å². The molecule has 0 aromatic heterocycles. The smallest absolute Gasteiger partial charge is 0.133 e. The lowest BCUT2D eigenvalue weighted by atomic mass is 9.78. The summed E-state index contributed by atoms with van der Waals surface area (Å²) in [6, 6.07) is 7.99. The van der Waals surface area contributed by atoms with Crippen molar-refractivity contribution in [2.24, 2.45) is 0 Å². The SMILES string of the molecule is C=C(Br)/C(=C\C=C(/C)C(C)(C)c1ccc(OCC(O)CN2CCNCC2)cc1)OCC(O)CCl. The van der Waals surface area contributed by atoms with E-state index in [2.05, 4.69) is 65.6 Å². The van der Waals surface area contributed by atoms with E-state index in [-0.39, 0.29) is 24.5 Å². The predicted molar refractivity (Wildman–Crippen MR) is 143 cm³/mol. The molecule has 8 heteroatoms. The number of nitrogens with one attached hydrogen (secondary N) is 1. The summed E-state index contributed by atoms with van der Waals surface area (Å²) >= 11 is 8.99. The van der Waals surface area contributed by atoms with E-state index in [9.17, 15) is 10.2 Å². The maximum atomic E-state index is 10.3. The first-order valence-corrected chi connectivity index (χ1v) is 12.9. The summed E-state index contributed by atoms with van der Waals surface area (Å²) in [7, 11) is 0. The molecule has 2 atom stereocenters. The van der Waals surface area contributed by atoms with Gasteiger partial charge in [-0.3, -0.25) is 4.90 Å². The molecule has 2 rings (SSSR count). The molecule has 0 amide bonds. The van der Waals surface area contributed by atoms with Crippen molar-refractivity contribution in [1.82, 2.24) is 10.2 Å². The summed E-state index contributed by atoms with van der Waals surface area (Å²) in [5, 5.41) is 23.3. The highest BCUT2D eigenvalue weighted by molar-refractivity contribution is 9.11. The van der Waals surface area contributed by atoms with Crippen molar-refractivity contribution in [2.45, 2.75) is 38.4 Å². The van der Waals surface area contributed by atoms with E-state index in [0.717, 1.165) is 43.1 Å². The second-order valence-corrected chi connectivity index (χ2v) is 10.3. The molecule has 1 fully saturated rings. The minimum Gasteiger partial charge on any atom is -0.491 e. The Morgan fingerprint density at radius 2 is 1.82 bits per heavy atom. The van der Waals surface area contributed by atoms with E-state index in [4.69, 9.17) is 21.1 Å². The van der Waals surface area contributed by atoms with Crippen LogP contribution in [0, 0.1) is 0 Å². The largest absolute Gasteiger partial charge is 0.491 e. The van der Waals surface area contributed by atoms with Crippen LogP contribution in [0.25, 0.3) is 0 Å². The van der Waals surface area contributed by atoms with Crippen LogP contribution in [0.1, 0.15) is 26.3 Å². The van der Waals surface area contributed by atoms with Gasteiger partial charge in [0, 0.05) is 38.1 Å². The Kier molecular flexibility index (Phi) is 12.1. The number of benzene rings is 1. The molecule has 1 aliphatic heterocycles. The third-order valence-corrected chi connectivity index (χ3v) is 6.79. The van der Waals surface area contributed by atoms with Gasteiger partial charge in [0.05, 0.1) is 10.4 Å². The van der Waals surface area contributed by atoms with Gasteiger partial charge in [0.1, 0.15) is 36.9 Å². The van der Waals surface area contributed by atoms with Crippen molar-refractivity contribution in [3.63, 3.8) is 0 Å². The van der Waals surface area contributed by atoms with Crippen molar-refractivity contribution in [2.75, 3.05) is 51.8 Å². The summed E-state index contributed by atoms with van der Waals surface area (Å²) in [5.41, 5.74) is 2.03. The highest BCUT2D eigenvalue weighted by Gasteiger charge is 2.23. The number of alkyl halides is 1. The lowest BCUT2D eigenvalue weighted by Crippen LogP contribution is -2.47. The monoisotopic (exact) mass is 556 g/mol. The fraction of sp³-hybridized carbons (Fsp3) is 0.538. The Bertz CT molecular complexity index is 836. The van der Waals surface area contributed by atoms with E-state index in [1.165, 1.54) is 0 Å². The summed E-state index contributed by atoms with van der Waals surface area (Å²) in [6.07, 6.45) is 2.58. The average Bonchev–Trinajstić information content (AvgIpc) is 2.82. The molecule has 1 aliphatic rings. The van der Waals surface area contributed by atoms with Crippen LogP contribution >= 0.6 is 27.5 Å². The highest BCUT2D eigenvalue weighted by atomic mass is 79.9. The lowest BCUT2D eigenvalue weighted by molar-refractivity contribution is 0.0641. The molecule has 1 saturated heterocycles. The van der Waals surface area contributed by atoms with Crippen LogP contribution < -0.4 is 10.1 Å². The first-order valence-electron chi connectivity index (χ1n) is 11.6. The van der Waals surface area contributed by atoms with Crippen molar-refractivity contribution in [1.29, 1.82) is 0 Å². The first-order chi connectivity index (χ1) is 16.1. The van der Waals surface area contributed by atoms with Gasteiger partial charge < -0.3 is 25.0 Å². The van der Waals surface area contributed by atoms with E-state index in [1.54, 1.807) is 0 Å². The minimum atomic E-state index is -0.734. The summed E-state index contributed by atoms with van der Waals surface area (Å²) < 4.78 is 12.0. The van der Waals surface area contributed by atoms with Gasteiger partial charge in [-0.1, -0.05) is 44.2 Å². The fourth-order valence-corrected chi connectivity index (χ4v) is 3.82. The zero-order chi connectivity index (χ0) is 25.1. The number of hydrogen-bond donors (Lipinski definition) is 3. The number of halogens is 2. The third-order valence-electron chi connectivity index (χ3n) is 6.04. The Labute approximate surface area is 217 Å². The van der Waals surface area contributed by atoms with Gasteiger partial charge in [0.15, 0.2) is 0 Å². The van der Waals surface area contributed by atoms with E-state index in [0.29, 0.717) is 16.8 Å². The Morgan fingerprint density at radius 1 is 1.18 bits per heavy atom. The van der Waals surface area contributed by atoms with Crippen molar-refractivity contribution < 1.29 is 19.7 Å². The number of allylic oxidation sites excluding steroid dienone is 4. The van der Waals surface area contributed by atoms with Crippen LogP contribution in [0.3, 0.4) is 0 Å². The number of aliphatic hydroxyl groups excluding tert-OH is 2. The zero-order valence-electron chi connectivity index (χ0n) is 20.4. The number of nitrogens with zero attached hydrogens (tertiary/aromatic N) is 1. The van der Waals surface area contributed by atoms with Crippen LogP contribution in [0.5, 0.6) is 5.75 Å². The van der Waals surface area contributed by atoms with Gasteiger partial charge in [-0.15, -0.1) is 11.6 Å². The van der Waals surface area contributed by atoms with E-state index in [1.807, 2.05) is 24.3 Å². The quantitative estimate of drug-likeness (QED) is 0.194. The van der Waals surface area contributed by atoms with Gasteiger partial charge >= 0.3 is 0 Å². The molecular weight excluding hydrogens is 520 g/mol. The minimum absolute atomic E-state index is 0.0988. The molecule has 1 heterocycles. The molecule has 1 aromatic carbocycles. The highest BCUT2D eigenvalue weighted by Crippen LogP contribution is 2.32. The topological polar surface area (TPSA) is 74.2 Å².